The summed E-state index contributed by atoms with van der Waals surface area (Å²) in [7, 11) is 0. The number of carbonyl (C=O) groups excluding carboxylic acids is 3. The van der Waals surface area contributed by atoms with Gasteiger partial charge in [-0.25, -0.2) is 4.90 Å². The molecule has 3 aromatic rings. The molecule has 0 aliphatic carbocycles. The van der Waals surface area contributed by atoms with Gasteiger partial charge in [-0.15, -0.1) is 0 Å². The maximum Gasteiger partial charge on any atom is 0.271 e. The highest BCUT2D eigenvalue weighted by Gasteiger charge is 2.65. The molecule has 0 spiro atoms. The Morgan fingerprint density at radius 3 is 2.39 bits per heavy atom. The summed E-state index contributed by atoms with van der Waals surface area (Å²) in [4.78, 5) is 53.5. The van der Waals surface area contributed by atoms with E-state index in [1.54, 1.807) is 48.5 Å². The Balaban J connectivity index is 1.51. The molecule has 2 saturated heterocycles. The summed E-state index contributed by atoms with van der Waals surface area (Å²) in [6.07, 6.45) is 1.65. The van der Waals surface area contributed by atoms with Crippen molar-refractivity contribution in [1.82, 2.24) is 5.01 Å². The van der Waals surface area contributed by atoms with E-state index < -0.39 is 40.7 Å². The third-order valence-corrected chi connectivity index (χ3v) is 7.26. The van der Waals surface area contributed by atoms with Crippen LogP contribution >= 0.6 is 0 Å². The lowest BCUT2D eigenvalue weighted by Crippen LogP contribution is -2.44. The fourth-order valence-corrected chi connectivity index (χ4v) is 5.63. The monoisotopic (exact) mass is 480 g/mol. The van der Waals surface area contributed by atoms with Crippen LogP contribution in [0, 0.1) is 28.9 Å². The summed E-state index contributed by atoms with van der Waals surface area (Å²) in [6.45, 7) is 1.69. The van der Waals surface area contributed by atoms with E-state index in [0.717, 1.165) is 16.0 Å². The van der Waals surface area contributed by atoms with E-state index in [0.29, 0.717) is 11.1 Å². The third kappa shape index (κ3) is 3.02. The number of nitrogens with zero attached hydrogens (tertiary/aromatic N) is 4. The van der Waals surface area contributed by atoms with Crippen molar-refractivity contribution < 1.29 is 19.3 Å². The molecule has 2 amide bonds. The molecular formula is C27H20N4O5. The van der Waals surface area contributed by atoms with E-state index in [4.69, 9.17) is 0 Å². The molecule has 0 aromatic heterocycles. The SMILES string of the molecule is Cc1ccc([N+](=O)[O-])cc1N1C(=O)C2C(C1=O)C1c3ccccc3C=NN1C2C(=O)c1ccccc1. The average molecular weight is 480 g/mol. The van der Waals surface area contributed by atoms with Crippen molar-refractivity contribution in [3.8, 4) is 0 Å². The van der Waals surface area contributed by atoms with Crippen LogP contribution in [0.1, 0.15) is 33.1 Å². The van der Waals surface area contributed by atoms with Gasteiger partial charge in [0.2, 0.25) is 11.8 Å². The van der Waals surface area contributed by atoms with Crippen LogP contribution in [-0.2, 0) is 9.59 Å². The topological polar surface area (TPSA) is 113 Å². The molecular weight excluding hydrogens is 460 g/mol. The molecule has 0 radical (unpaired) electrons. The van der Waals surface area contributed by atoms with Crippen LogP contribution < -0.4 is 4.90 Å². The van der Waals surface area contributed by atoms with Gasteiger partial charge >= 0.3 is 0 Å². The molecule has 178 valence electrons. The summed E-state index contributed by atoms with van der Waals surface area (Å²) in [5.41, 5.74) is 2.53. The number of hydrogen-bond acceptors (Lipinski definition) is 7. The Labute approximate surface area is 205 Å². The van der Waals surface area contributed by atoms with Gasteiger partial charge in [-0.1, -0.05) is 60.7 Å². The van der Waals surface area contributed by atoms with Crippen molar-refractivity contribution in [2.45, 2.75) is 19.0 Å². The Bertz CT molecular complexity index is 1480. The van der Waals surface area contributed by atoms with E-state index in [2.05, 4.69) is 5.10 Å². The maximum atomic E-state index is 13.9. The van der Waals surface area contributed by atoms with E-state index in [1.165, 1.54) is 18.2 Å². The molecule has 6 rings (SSSR count). The highest BCUT2D eigenvalue weighted by Crippen LogP contribution is 2.53. The Morgan fingerprint density at radius 1 is 0.944 bits per heavy atom. The first-order chi connectivity index (χ1) is 17.4. The second kappa shape index (κ2) is 7.94. The van der Waals surface area contributed by atoms with Crippen molar-refractivity contribution >= 4 is 35.2 Å². The number of hydrogen-bond donors (Lipinski definition) is 0. The van der Waals surface area contributed by atoms with E-state index >= 15 is 0 Å². The number of imide groups is 1. The molecule has 0 N–H and O–H groups in total. The van der Waals surface area contributed by atoms with Crippen LogP contribution in [0.2, 0.25) is 0 Å². The van der Waals surface area contributed by atoms with Crippen molar-refractivity contribution in [2.75, 3.05) is 4.90 Å². The molecule has 2 fully saturated rings. The van der Waals surface area contributed by atoms with E-state index in [1.807, 2.05) is 24.3 Å². The molecule has 36 heavy (non-hydrogen) atoms. The number of anilines is 1. The summed E-state index contributed by atoms with van der Waals surface area (Å²) >= 11 is 0. The zero-order valence-corrected chi connectivity index (χ0v) is 19.1. The van der Waals surface area contributed by atoms with Crippen LogP contribution in [0.5, 0.6) is 0 Å². The maximum absolute atomic E-state index is 13.9. The molecule has 9 heteroatoms. The van der Waals surface area contributed by atoms with Gasteiger partial charge < -0.3 is 0 Å². The van der Waals surface area contributed by atoms with Crippen molar-refractivity contribution in [1.29, 1.82) is 0 Å². The summed E-state index contributed by atoms with van der Waals surface area (Å²) < 4.78 is 0. The number of amides is 2. The number of Topliss-reactive ketones (excluding diaryl/α,β-unsaturated/α-hetero) is 1. The Kier molecular flexibility index (Phi) is 4.82. The lowest BCUT2D eigenvalue weighted by atomic mass is 9.83. The number of carbonyl (C=O) groups is 3. The molecule has 0 saturated carbocycles. The van der Waals surface area contributed by atoms with Gasteiger partial charge in [0.25, 0.3) is 5.69 Å². The summed E-state index contributed by atoms with van der Waals surface area (Å²) in [6, 6.07) is 18.6. The zero-order chi connectivity index (χ0) is 25.1. The standard InChI is InChI=1S/C27H20N4O5/c1-15-11-12-18(31(35)36)13-20(15)29-26(33)21-22(27(29)34)24(25(32)16-7-3-2-4-8-16)30-23(21)19-10-6-5-9-17(19)14-28-30/h2-14,21-24H,1H3. The normalized spacial score (nSPS) is 23.9. The summed E-state index contributed by atoms with van der Waals surface area (Å²) in [5.74, 6) is -3.20. The van der Waals surface area contributed by atoms with Gasteiger partial charge in [0.05, 0.1) is 34.7 Å². The minimum Gasteiger partial charge on any atom is -0.292 e. The predicted octanol–water partition coefficient (Wildman–Crippen LogP) is 3.66. The van der Waals surface area contributed by atoms with Crippen LogP contribution in [0.15, 0.2) is 77.9 Å². The second-order valence-electron chi connectivity index (χ2n) is 9.16. The van der Waals surface area contributed by atoms with Crippen LogP contribution in [0.25, 0.3) is 0 Å². The molecule has 3 aliphatic heterocycles. The molecule has 3 aromatic carbocycles. The van der Waals surface area contributed by atoms with Crippen molar-refractivity contribution in [3.63, 3.8) is 0 Å². The lowest BCUT2D eigenvalue weighted by Gasteiger charge is -2.34. The van der Waals surface area contributed by atoms with Gasteiger partial charge in [0, 0.05) is 17.7 Å². The molecule has 3 aliphatic rings. The molecule has 4 atom stereocenters. The van der Waals surface area contributed by atoms with Gasteiger partial charge in [-0.3, -0.25) is 29.5 Å². The second-order valence-corrected chi connectivity index (χ2v) is 9.16. The Hall–Kier alpha value is -4.66. The number of benzene rings is 3. The van der Waals surface area contributed by atoms with Crippen LogP contribution in [-0.4, -0.2) is 39.8 Å². The smallest absolute Gasteiger partial charge is 0.271 e. The number of aryl methyl sites for hydroxylation is 1. The summed E-state index contributed by atoms with van der Waals surface area (Å²) in [5, 5.41) is 17.5. The number of ketones is 1. The molecule has 9 nitrogen and oxygen atoms in total. The molecule has 4 unspecified atom stereocenters. The highest BCUT2D eigenvalue weighted by molar-refractivity contribution is 6.25. The first kappa shape index (κ1) is 21.8. The van der Waals surface area contributed by atoms with Gasteiger partial charge in [-0.05, 0) is 23.6 Å². The van der Waals surface area contributed by atoms with Crippen LogP contribution in [0.3, 0.4) is 0 Å². The fraction of sp³-hybridized carbons (Fsp3) is 0.185. The lowest BCUT2D eigenvalue weighted by molar-refractivity contribution is -0.384. The number of nitro groups is 1. The third-order valence-electron chi connectivity index (χ3n) is 7.26. The first-order valence-corrected chi connectivity index (χ1v) is 11.5. The van der Waals surface area contributed by atoms with Gasteiger partial charge in [0.15, 0.2) is 5.78 Å². The molecule has 3 heterocycles. The van der Waals surface area contributed by atoms with Crippen molar-refractivity contribution in [2.24, 2.45) is 16.9 Å². The highest BCUT2D eigenvalue weighted by atomic mass is 16.6. The molecule has 0 bridgehead atoms. The average Bonchev–Trinajstić information content (AvgIpc) is 3.37. The fourth-order valence-electron chi connectivity index (χ4n) is 5.63. The van der Waals surface area contributed by atoms with Crippen LogP contribution in [0.4, 0.5) is 11.4 Å². The minimum absolute atomic E-state index is 0.165. The van der Waals surface area contributed by atoms with Gasteiger partial charge in [-0.2, -0.15) is 5.10 Å². The number of hydrazone groups is 1. The minimum atomic E-state index is -0.993. The van der Waals surface area contributed by atoms with E-state index in [9.17, 15) is 24.5 Å². The van der Waals surface area contributed by atoms with Crippen molar-refractivity contribution in [3.05, 3.63) is 105 Å². The number of nitro benzene ring substituents is 1. The number of non-ortho nitro benzene ring substituents is 1. The zero-order valence-electron chi connectivity index (χ0n) is 19.1. The van der Waals surface area contributed by atoms with Gasteiger partial charge in [0.1, 0.15) is 6.04 Å². The first-order valence-electron chi connectivity index (χ1n) is 11.5. The quantitative estimate of drug-likeness (QED) is 0.244. The number of rotatable bonds is 4. The predicted molar refractivity (Wildman–Crippen MR) is 130 cm³/mol. The largest absolute Gasteiger partial charge is 0.292 e. The Morgan fingerprint density at radius 2 is 1.64 bits per heavy atom. The number of fused-ring (bicyclic) bond motifs is 5. The van der Waals surface area contributed by atoms with E-state index in [-0.39, 0.29) is 17.2 Å².